The van der Waals surface area contributed by atoms with E-state index in [1.807, 2.05) is 11.8 Å². The van der Waals surface area contributed by atoms with E-state index in [2.05, 4.69) is 16.1 Å². The Bertz CT molecular complexity index is 192. The lowest BCUT2D eigenvalue weighted by Crippen LogP contribution is -2.38. The minimum Gasteiger partial charge on any atom is -0.370 e. The van der Waals surface area contributed by atoms with Gasteiger partial charge in [-0.2, -0.15) is 11.8 Å². The standard InChI is InChI=1S/C11H23N3S.HI/c1-15-10-6-7-13-11(12)14-8-4-2-3-5-9-14;/h2-10H2,1H3,(H2,12,13);1H. The number of rotatable bonds is 4. The fourth-order valence-corrected chi connectivity index (χ4v) is 2.22. The molecule has 3 nitrogen and oxygen atoms in total. The first-order valence-corrected chi connectivity index (χ1v) is 7.28. The monoisotopic (exact) mass is 357 g/mol. The molecule has 2 N–H and O–H groups in total. The third-order valence-corrected chi connectivity index (χ3v) is 3.41. The van der Waals surface area contributed by atoms with Crippen LogP contribution < -0.4 is 5.73 Å². The molecule has 0 bridgehead atoms. The fourth-order valence-electron chi connectivity index (χ4n) is 1.80. The zero-order valence-electron chi connectivity index (χ0n) is 10.2. The Morgan fingerprint density at radius 3 is 2.44 bits per heavy atom. The van der Waals surface area contributed by atoms with E-state index in [0.29, 0.717) is 0 Å². The predicted octanol–water partition coefficient (Wildman–Crippen LogP) is 2.55. The number of hydrogen-bond donors (Lipinski definition) is 1. The lowest BCUT2D eigenvalue weighted by molar-refractivity contribution is 0.428. The van der Waals surface area contributed by atoms with Gasteiger partial charge in [-0.1, -0.05) is 12.8 Å². The Hall–Kier alpha value is 0.350. The van der Waals surface area contributed by atoms with Crippen LogP contribution in [-0.2, 0) is 0 Å². The van der Waals surface area contributed by atoms with Crippen molar-refractivity contribution in [2.45, 2.75) is 32.1 Å². The Kier molecular flexibility index (Phi) is 10.7. The van der Waals surface area contributed by atoms with Gasteiger partial charge in [-0.05, 0) is 31.3 Å². The van der Waals surface area contributed by atoms with Crippen molar-refractivity contribution in [1.29, 1.82) is 0 Å². The van der Waals surface area contributed by atoms with Gasteiger partial charge in [-0.3, -0.25) is 4.99 Å². The number of aliphatic imine (C=N–C) groups is 1. The lowest BCUT2D eigenvalue weighted by Gasteiger charge is -2.20. The highest BCUT2D eigenvalue weighted by Gasteiger charge is 2.10. The van der Waals surface area contributed by atoms with Gasteiger partial charge in [0.1, 0.15) is 0 Å². The number of thioether (sulfide) groups is 1. The molecule has 0 spiro atoms. The molecule has 0 aromatic rings. The maximum Gasteiger partial charge on any atom is 0.191 e. The van der Waals surface area contributed by atoms with E-state index in [1.54, 1.807) is 0 Å². The van der Waals surface area contributed by atoms with E-state index in [1.165, 1.54) is 31.4 Å². The van der Waals surface area contributed by atoms with Gasteiger partial charge in [0, 0.05) is 19.6 Å². The topological polar surface area (TPSA) is 41.6 Å². The molecule has 1 heterocycles. The van der Waals surface area contributed by atoms with Gasteiger partial charge < -0.3 is 10.6 Å². The molecule has 1 aliphatic heterocycles. The highest BCUT2D eigenvalue weighted by molar-refractivity contribution is 14.0. The number of guanidine groups is 1. The normalized spacial score (nSPS) is 17.8. The van der Waals surface area contributed by atoms with Crippen molar-refractivity contribution in [2.24, 2.45) is 10.7 Å². The second-order valence-corrected chi connectivity index (χ2v) is 4.97. The zero-order chi connectivity index (χ0) is 10.9. The van der Waals surface area contributed by atoms with Crippen LogP contribution in [0, 0.1) is 0 Å². The minimum absolute atomic E-state index is 0. The second-order valence-electron chi connectivity index (χ2n) is 3.99. The third kappa shape index (κ3) is 6.83. The SMILES string of the molecule is CSCCCN=C(N)N1CCCCCC1.I. The summed E-state index contributed by atoms with van der Waals surface area (Å²) in [7, 11) is 0. The van der Waals surface area contributed by atoms with Crippen molar-refractivity contribution in [3.8, 4) is 0 Å². The van der Waals surface area contributed by atoms with Crippen molar-refractivity contribution >= 4 is 41.7 Å². The van der Waals surface area contributed by atoms with Crippen LogP contribution >= 0.6 is 35.7 Å². The van der Waals surface area contributed by atoms with Crippen molar-refractivity contribution in [3.63, 3.8) is 0 Å². The molecule has 16 heavy (non-hydrogen) atoms. The molecule has 0 aromatic carbocycles. The molecule has 0 aliphatic carbocycles. The van der Waals surface area contributed by atoms with Gasteiger partial charge in [-0.25, -0.2) is 0 Å². The maximum absolute atomic E-state index is 5.97. The molecule has 1 fully saturated rings. The Balaban J connectivity index is 0.00000225. The highest BCUT2D eigenvalue weighted by Crippen LogP contribution is 2.09. The Morgan fingerprint density at radius 2 is 1.88 bits per heavy atom. The molecule has 0 radical (unpaired) electrons. The van der Waals surface area contributed by atoms with Crippen LogP contribution in [0.25, 0.3) is 0 Å². The molecular weight excluding hydrogens is 333 g/mol. The third-order valence-electron chi connectivity index (χ3n) is 2.71. The number of halogens is 1. The molecule has 0 amide bonds. The van der Waals surface area contributed by atoms with E-state index in [4.69, 9.17) is 5.73 Å². The molecule has 1 aliphatic rings. The first-order chi connectivity index (χ1) is 7.34. The van der Waals surface area contributed by atoms with Gasteiger partial charge in [-0.15, -0.1) is 24.0 Å². The van der Waals surface area contributed by atoms with Crippen molar-refractivity contribution < 1.29 is 0 Å². The summed E-state index contributed by atoms with van der Waals surface area (Å²) in [5, 5.41) is 0. The van der Waals surface area contributed by atoms with Gasteiger partial charge >= 0.3 is 0 Å². The molecular formula is C11H24IN3S. The Labute approximate surface area is 121 Å². The summed E-state index contributed by atoms with van der Waals surface area (Å²) in [6.45, 7) is 3.07. The molecule has 0 saturated carbocycles. The Morgan fingerprint density at radius 1 is 1.25 bits per heavy atom. The maximum atomic E-state index is 5.97. The van der Waals surface area contributed by atoms with Gasteiger partial charge in [0.25, 0.3) is 0 Å². The first kappa shape index (κ1) is 16.4. The van der Waals surface area contributed by atoms with Crippen LogP contribution in [0.3, 0.4) is 0 Å². The quantitative estimate of drug-likeness (QED) is 0.364. The van der Waals surface area contributed by atoms with Gasteiger partial charge in [0.05, 0.1) is 0 Å². The smallest absolute Gasteiger partial charge is 0.191 e. The van der Waals surface area contributed by atoms with E-state index in [9.17, 15) is 0 Å². The van der Waals surface area contributed by atoms with Crippen molar-refractivity contribution in [1.82, 2.24) is 4.90 Å². The summed E-state index contributed by atoms with van der Waals surface area (Å²) >= 11 is 1.87. The lowest BCUT2D eigenvalue weighted by atomic mass is 10.2. The largest absolute Gasteiger partial charge is 0.370 e. The molecule has 0 atom stereocenters. The summed E-state index contributed by atoms with van der Waals surface area (Å²) in [5.41, 5.74) is 5.97. The molecule has 5 heteroatoms. The average molecular weight is 357 g/mol. The fraction of sp³-hybridized carbons (Fsp3) is 0.909. The van der Waals surface area contributed by atoms with Crippen LogP contribution in [0.5, 0.6) is 0 Å². The number of nitrogens with zero attached hydrogens (tertiary/aromatic N) is 2. The minimum atomic E-state index is 0. The van der Waals surface area contributed by atoms with Gasteiger partial charge in [0.2, 0.25) is 0 Å². The van der Waals surface area contributed by atoms with Crippen molar-refractivity contribution in [3.05, 3.63) is 0 Å². The second kappa shape index (κ2) is 10.5. The van der Waals surface area contributed by atoms with Crippen LogP contribution in [-0.4, -0.2) is 42.5 Å². The van der Waals surface area contributed by atoms with Crippen LogP contribution in [0.1, 0.15) is 32.1 Å². The van der Waals surface area contributed by atoms with E-state index < -0.39 is 0 Å². The van der Waals surface area contributed by atoms with Gasteiger partial charge in [0.15, 0.2) is 5.96 Å². The number of hydrogen-bond acceptors (Lipinski definition) is 2. The van der Waals surface area contributed by atoms with Crippen LogP contribution in [0.15, 0.2) is 4.99 Å². The summed E-state index contributed by atoms with van der Waals surface area (Å²) in [5.74, 6) is 1.94. The predicted molar refractivity (Wildman–Crippen MR) is 84.9 cm³/mol. The first-order valence-electron chi connectivity index (χ1n) is 5.88. The molecule has 0 aromatic heterocycles. The summed E-state index contributed by atoms with van der Waals surface area (Å²) in [6, 6.07) is 0. The molecule has 1 rings (SSSR count). The number of likely N-dealkylation sites (tertiary alicyclic amines) is 1. The van der Waals surface area contributed by atoms with E-state index in [-0.39, 0.29) is 24.0 Å². The summed E-state index contributed by atoms with van der Waals surface area (Å²) in [6.07, 6.45) is 8.48. The summed E-state index contributed by atoms with van der Waals surface area (Å²) < 4.78 is 0. The molecule has 0 unspecified atom stereocenters. The van der Waals surface area contributed by atoms with Crippen LogP contribution in [0.2, 0.25) is 0 Å². The van der Waals surface area contributed by atoms with E-state index >= 15 is 0 Å². The molecule has 96 valence electrons. The van der Waals surface area contributed by atoms with E-state index in [0.717, 1.165) is 32.0 Å². The zero-order valence-corrected chi connectivity index (χ0v) is 13.3. The average Bonchev–Trinajstić information content (AvgIpc) is 2.52. The molecule has 1 saturated heterocycles. The van der Waals surface area contributed by atoms with Crippen molar-refractivity contribution in [2.75, 3.05) is 31.6 Å². The summed E-state index contributed by atoms with van der Waals surface area (Å²) in [4.78, 5) is 6.68. The highest BCUT2D eigenvalue weighted by atomic mass is 127. The van der Waals surface area contributed by atoms with Crippen LogP contribution in [0.4, 0.5) is 0 Å². The number of nitrogens with two attached hydrogens (primary N) is 1.